The summed E-state index contributed by atoms with van der Waals surface area (Å²) in [6, 6.07) is 6.61. The highest BCUT2D eigenvalue weighted by molar-refractivity contribution is 8.01. The Balaban J connectivity index is 2.09. The molecule has 0 aliphatic rings. The van der Waals surface area contributed by atoms with Crippen LogP contribution in [-0.2, 0) is 0 Å². The zero-order valence-corrected chi connectivity index (χ0v) is 14.3. The molecule has 2 aromatic rings. The average Bonchev–Trinajstić information content (AvgIpc) is 2.83. The second-order valence-corrected chi connectivity index (χ2v) is 7.28. The molecular formula is C15H19ClN2S2. The third-order valence-corrected chi connectivity index (χ3v) is 5.51. The van der Waals surface area contributed by atoms with Crippen molar-refractivity contribution in [2.24, 2.45) is 0 Å². The number of aromatic nitrogens is 1. The number of halogens is 1. The molecular weight excluding hydrogens is 308 g/mol. The van der Waals surface area contributed by atoms with E-state index in [4.69, 9.17) is 11.6 Å². The number of aryl methyl sites for hydroxylation is 1. The van der Waals surface area contributed by atoms with E-state index >= 15 is 0 Å². The van der Waals surface area contributed by atoms with Crippen LogP contribution in [0.4, 0.5) is 0 Å². The van der Waals surface area contributed by atoms with Gasteiger partial charge in [0, 0.05) is 22.0 Å². The van der Waals surface area contributed by atoms with Gasteiger partial charge < -0.3 is 5.32 Å². The molecule has 0 amide bonds. The molecule has 0 aliphatic heterocycles. The van der Waals surface area contributed by atoms with Crippen LogP contribution in [0.15, 0.2) is 32.8 Å². The Morgan fingerprint density at radius 3 is 2.85 bits per heavy atom. The first-order valence-corrected chi connectivity index (χ1v) is 8.80. The van der Waals surface area contributed by atoms with Gasteiger partial charge in [0.05, 0.1) is 5.02 Å². The molecule has 0 bridgehead atoms. The first-order chi connectivity index (χ1) is 9.60. The van der Waals surface area contributed by atoms with Crippen LogP contribution in [0.3, 0.4) is 0 Å². The van der Waals surface area contributed by atoms with Crippen molar-refractivity contribution >= 4 is 34.7 Å². The molecule has 2 rings (SSSR count). The van der Waals surface area contributed by atoms with Gasteiger partial charge in [0.25, 0.3) is 0 Å². The number of hydrogen-bond donors (Lipinski definition) is 1. The summed E-state index contributed by atoms with van der Waals surface area (Å²) in [5, 5.41) is 6.33. The highest BCUT2D eigenvalue weighted by Gasteiger charge is 2.10. The minimum absolute atomic E-state index is 0.327. The lowest BCUT2D eigenvalue weighted by atomic mass is 10.1. The number of hydrogen-bond acceptors (Lipinski definition) is 4. The predicted molar refractivity (Wildman–Crippen MR) is 89.1 cm³/mol. The Labute approximate surface area is 134 Å². The minimum Gasteiger partial charge on any atom is -0.310 e. The average molecular weight is 327 g/mol. The van der Waals surface area contributed by atoms with Crippen LogP contribution in [0.1, 0.15) is 37.6 Å². The fraction of sp³-hybridized carbons (Fsp3) is 0.400. The van der Waals surface area contributed by atoms with Crippen molar-refractivity contribution in [2.75, 3.05) is 6.54 Å². The minimum atomic E-state index is 0.327. The highest BCUT2D eigenvalue weighted by atomic mass is 35.5. The van der Waals surface area contributed by atoms with Crippen molar-refractivity contribution in [2.45, 2.75) is 42.5 Å². The lowest BCUT2D eigenvalue weighted by Gasteiger charge is -2.14. The molecule has 1 unspecified atom stereocenters. The standard InChI is InChI=1S/C15H19ClN2S2/c1-4-7-17-11(3)12-5-6-14(13(16)8-12)20-15-18-10(2)9-19-15/h5-6,8-9,11,17H,4,7H2,1-3H3. The Morgan fingerprint density at radius 2 is 2.25 bits per heavy atom. The highest BCUT2D eigenvalue weighted by Crippen LogP contribution is 2.36. The van der Waals surface area contributed by atoms with Crippen LogP contribution in [0.25, 0.3) is 0 Å². The van der Waals surface area contributed by atoms with E-state index in [0.29, 0.717) is 6.04 Å². The summed E-state index contributed by atoms with van der Waals surface area (Å²) in [7, 11) is 0. The van der Waals surface area contributed by atoms with Gasteiger partial charge in [0.15, 0.2) is 4.34 Å². The van der Waals surface area contributed by atoms with Gasteiger partial charge in [0.2, 0.25) is 0 Å². The maximum absolute atomic E-state index is 6.39. The number of thiazole rings is 1. The summed E-state index contributed by atoms with van der Waals surface area (Å²) in [6.45, 7) is 7.36. The van der Waals surface area contributed by atoms with Crippen molar-refractivity contribution in [3.8, 4) is 0 Å². The second-order valence-electron chi connectivity index (χ2n) is 4.72. The quantitative estimate of drug-likeness (QED) is 0.778. The Bertz CT molecular complexity index is 569. The monoisotopic (exact) mass is 326 g/mol. The maximum atomic E-state index is 6.39. The van der Waals surface area contributed by atoms with Crippen LogP contribution in [0.5, 0.6) is 0 Å². The predicted octanol–water partition coefficient (Wildman–Crippen LogP) is 5.32. The van der Waals surface area contributed by atoms with Gasteiger partial charge in [-0.05, 0) is 44.5 Å². The molecule has 1 aromatic heterocycles. The van der Waals surface area contributed by atoms with E-state index in [2.05, 4.69) is 47.7 Å². The van der Waals surface area contributed by atoms with E-state index in [1.807, 2.05) is 6.92 Å². The molecule has 1 N–H and O–H groups in total. The van der Waals surface area contributed by atoms with Gasteiger partial charge in [-0.3, -0.25) is 0 Å². The zero-order valence-electron chi connectivity index (χ0n) is 11.9. The fourth-order valence-electron chi connectivity index (χ4n) is 1.82. The molecule has 0 saturated heterocycles. The molecule has 0 radical (unpaired) electrons. The number of benzene rings is 1. The van der Waals surface area contributed by atoms with E-state index in [1.165, 1.54) is 5.56 Å². The van der Waals surface area contributed by atoms with Gasteiger partial charge in [-0.25, -0.2) is 4.98 Å². The van der Waals surface area contributed by atoms with Crippen molar-refractivity contribution in [3.05, 3.63) is 39.9 Å². The van der Waals surface area contributed by atoms with Crippen LogP contribution in [0.2, 0.25) is 5.02 Å². The topological polar surface area (TPSA) is 24.9 Å². The van der Waals surface area contributed by atoms with Gasteiger partial charge in [0.1, 0.15) is 0 Å². The summed E-state index contributed by atoms with van der Waals surface area (Å²) >= 11 is 9.68. The summed E-state index contributed by atoms with van der Waals surface area (Å²) < 4.78 is 1.04. The number of rotatable bonds is 6. The molecule has 20 heavy (non-hydrogen) atoms. The largest absolute Gasteiger partial charge is 0.310 e. The van der Waals surface area contributed by atoms with E-state index in [9.17, 15) is 0 Å². The molecule has 1 aromatic carbocycles. The lowest BCUT2D eigenvalue weighted by molar-refractivity contribution is 0.570. The zero-order chi connectivity index (χ0) is 14.5. The van der Waals surface area contributed by atoms with E-state index < -0.39 is 0 Å². The first kappa shape index (κ1) is 15.8. The van der Waals surface area contributed by atoms with Crippen molar-refractivity contribution in [1.29, 1.82) is 0 Å². The van der Waals surface area contributed by atoms with Gasteiger partial charge >= 0.3 is 0 Å². The Morgan fingerprint density at radius 1 is 1.45 bits per heavy atom. The number of nitrogens with one attached hydrogen (secondary N) is 1. The summed E-state index contributed by atoms with van der Waals surface area (Å²) in [5.41, 5.74) is 2.28. The molecule has 108 valence electrons. The number of nitrogens with zero attached hydrogens (tertiary/aromatic N) is 1. The second kappa shape index (κ2) is 7.46. The molecule has 5 heteroatoms. The smallest absolute Gasteiger partial charge is 0.154 e. The first-order valence-electron chi connectivity index (χ1n) is 6.73. The molecule has 0 fully saturated rings. The van der Waals surface area contributed by atoms with Crippen LogP contribution in [-0.4, -0.2) is 11.5 Å². The normalized spacial score (nSPS) is 12.6. The molecule has 0 saturated carbocycles. The van der Waals surface area contributed by atoms with E-state index in [1.54, 1.807) is 23.1 Å². The molecule has 0 aliphatic carbocycles. The van der Waals surface area contributed by atoms with Crippen LogP contribution >= 0.6 is 34.7 Å². The van der Waals surface area contributed by atoms with Gasteiger partial charge in [-0.1, -0.05) is 36.4 Å². The maximum Gasteiger partial charge on any atom is 0.154 e. The Kier molecular flexibility index (Phi) is 5.90. The third-order valence-electron chi connectivity index (χ3n) is 2.95. The lowest BCUT2D eigenvalue weighted by Crippen LogP contribution is -2.19. The SMILES string of the molecule is CCCNC(C)c1ccc(Sc2nc(C)cs2)c(Cl)c1. The van der Waals surface area contributed by atoms with E-state index in [0.717, 1.165) is 32.9 Å². The van der Waals surface area contributed by atoms with Crippen LogP contribution in [0, 0.1) is 6.92 Å². The molecule has 0 spiro atoms. The summed E-state index contributed by atoms with van der Waals surface area (Å²) in [6.07, 6.45) is 1.13. The summed E-state index contributed by atoms with van der Waals surface area (Å²) in [4.78, 5) is 5.52. The summed E-state index contributed by atoms with van der Waals surface area (Å²) in [5.74, 6) is 0. The van der Waals surface area contributed by atoms with Crippen molar-refractivity contribution < 1.29 is 0 Å². The van der Waals surface area contributed by atoms with Crippen LogP contribution < -0.4 is 5.32 Å². The van der Waals surface area contributed by atoms with Crippen molar-refractivity contribution in [3.63, 3.8) is 0 Å². The van der Waals surface area contributed by atoms with E-state index in [-0.39, 0.29) is 0 Å². The molecule has 1 heterocycles. The van der Waals surface area contributed by atoms with Gasteiger partial charge in [-0.2, -0.15) is 0 Å². The molecule has 2 nitrogen and oxygen atoms in total. The molecule has 1 atom stereocenters. The fourth-order valence-corrected chi connectivity index (χ4v) is 3.92. The Hall–Kier alpha value is -0.550. The van der Waals surface area contributed by atoms with Gasteiger partial charge in [-0.15, -0.1) is 11.3 Å². The van der Waals surface area contributed by atoms with Crippen molar-refractivity contribution in [1.82, 2.24) is 10.3 Å². The third kappa shape index (κ3) is 4.22.